The Kier molecular flexibility index (Phi) is 4.24. The number of aryl methyl sites for hydroxylation is 1. The molecule has 0 saturated heterocycles. The van der Waals surface area contributed by atoms with Crippen LogP contribution >= 0.6 is 0 Å². The molecular formula is C21H18FN3O2. The number of benzene rings is 2. The van der Waals surface area contributed by atoms with Crippen molar-refractivity contribution in [2.45, 2.75) is 13.3 Å². The molecule has 2 heterocycles. The van der Waals surface area contributed by atoms with Crippen LogP contribution in [-0.2, 0) is 6.42 Å². The van der Waals surface area contributed by atoms with Crippen molar-refractivity contribution >= 4 is 27.7 Å². The Labute approximate surface area is 154 Å². The fraction of sp³-hybridized carbons (Fsp3) is 0.143. The van der Waals surface area contributed by atoms with E-state index in [2.05, 4.69) is 15.3 Å². The molecule has 0 saturated carbocycles. The number of nitrogens with one attached hydrogen (secondary N) is 3. The topological polar surface area (TPSA) is 77.8 Å². The van der Waals surface area contributed by atoms with Gasteiger partial charge < -0.3 is 15.3 Å². The van der Waals surface area contributed by atoms with E-state index in [0.717, 1.165) is 10.9 Å². The monoisotopic (exact) mass is 363 g/mol. The van der Waals surface area contributed by atoms with Gasteiger partial charge in [0.15, 0.2) is 0 Å². The number of carbonyl (C=O) groups excluding carboxylic acids is 1. The highest BCUT2D eigenvalue weighted by atomic mass is 19.1. The first-order chi connectivity index (χ1) is 13.0. The van der Waals surface area contributed by atoms with Crippen LogP contribution in [0.3, 0.4) is 0 Å². The van der Waals surface area contributed by atoms with Crippen molar-refractivity contribution in [2.24, 2.45) is 0 Å². The van der Waals surface area contributed by atoms with Crippen LogP contribution in [0.2, 0.25) is 0 Å². The predicted octanol–water partition coefficient (Wildman–Crippen LogP) is 3.43. The number of para-hydroxylation sites is 1. The fourth-order valence-electron chi connectivity index (χ4n) is 3.37. The number of carbonyl (C=O) groups is 1. The largest absolute Gasteiger partial charge is 0.358 e. The van der Waals surface area contributed by atoms with Crippen molar-refractivity contribution in [3.63, 3.8) is 0 Å². The van der Waals surface area contributed by atoms with E-state index in [1.165, 1.54) is 12.1 Å². The molecule has 0 spiro atoms. The molecule has 0 radical (unpaired) electrons. The molecule has 0 aliphatic heterocycles. The lowest BCUT2D eigenvalue weighted by atomic mass is 10.1. The van der Waals surface area contributed by atoms with E-state index < -0.39 is 5.82 Å². The molecule has 5 nitrogen and oxygen atoms in total. The molecule has 2 aromatic heterocycles. The first kappa shape index (κ1) is 17.0. The number of aromatic nitrogens is 2. The van der Waals surface area contributed by atoms with Gasteiger partial charge in [0.1, 0.15) is 5.82 Å². The van der Waals surface area contributed by atoms with Gasteiger partial charge in [0, 0.05) is 34.2 Å². The summed E-state index contributed by atoms with van der Waals surface area (Å²) in [6.45, 7) is 2.09. The van der Waals surface area contributed by atoms with Crippen LogP contribution in [0.5, 0.6) is 0 Å². The molecule has 0 aliphatic rings. The van der Waals surface area contributed by atoms with Crippen LogP contribution < -0.4 is 10.9 Å². The smallest absolute Gasteiger partial charge is 0.253 e. The quantitative estimate of drug-likeness (QED) is 0.519. The van der Waals surface area contributed by atoms with Gasteiger partial charge in [-0.2, -0.15) is 0 Å². The molecule has 4 aromatic rings. The zero-order valence-electron chi connectivity index (χ0n) is 14.7. The summed E-state index contributed by atoms with van der Waals surface area (Å²) in [6, 6.07) is 13.7. The average molecular weight is 363 g/mol. The minimum atomic E-state index is -0.391. The number of H-pyrrole nitrogens is 2. The summed E-state index contributed by atoms with van der Waals surface area (Å²) in [5, 5.41) is 4.32. The Morgan fingerprint density at radius 1 is 1.07 bits per heavy atom. The Morgan fingerprint density at radius 3 is 2.74 bits per heavy atom. The van der Waals surface area contributed by atoms with E-state index in [0.29, 0.717) is 40.7 Å². The van der Waals surface area contributed by atoms with Gasteiger partial charge in [-0.05, 0) is 49.1 Å². The second kappa shape index (κ2) is 6.72. The van der Waals surface area contributed by atoms with Gasteiger partial charge in [0.05, 0.1) is 5.56 Å². The molecule has 6 heteroatoms. The van der Waals surface area contributed by atoms with Crippen molar-refractivity contribution in [3.8, 4) is 0 Å². The van der Waals surface area contributed by atoms with Crippen LogP contribution in [-0.4, -0.2) is 22.4 Å². The summed E-state index contributed by atoms with van der Waals surface area (Å²) in [5.74, 6) is -0.681. The second-order valence-corrected chi connectivity index (χ2v) is 6.53. The molecule has 0 aliphatic carbocycles. The van der Waals surface area contributed by atoms with E-state index in [9.17, 15) is 14.0 Å². The summed E-state index contributed by atoms with van der Waals surface area (Å²) in [4.78, 5) is 30.7. The number of rotatable bonds is 4. The number of hydrogen-bond acceptors (Lipinski definition) is 2. The third-order valence-corrected chi connectivity index (χ3v) is 4.69. The summed E-state index contributed by atoms with van der Waals surface area (Å²) in [7, 11) is 0. The van der Waals surface area contributed by atoms with Crippen molar-refractivity contribution < 1.29 is 9.18 Å². The van der Waals surface area contributed by atoms with Gasteiger partial charge in [-0.3, -0.25) is 9.59 Å². The van der Waals surface area contributed by atoms with Gasteiger partial charge in [0.25, 0.3) is 11.5 Å². The van der Waals surface area contributed by atoms with Crippen molar-refractivity contribution in [3.05, 3.63) is 81.5 Å². The molecule has 3 N–H and O–H groups in total. The molecule has 136 valence electrons. The molecule has 2 aromatic carbocycles. The highest BCUT2D eigenvalue weighted by Gasteiger charge is 2.16. The van der Waals surface area contributed by atoms with Crippen molar-refractivity contribution in [2.75, 3.05) is 6.54 Å². The van der Waals surface area contributed by atoms with Crippen LogP contribution in [0.4, 0.5) is 4.39 Å². The van der Waals surface area contributed by atoms with Crippen LogP contribution in [0.1, 0.15) is 21.6 Å². The molecule has 0 bridgehead atoms. The summed E-state index contributed by atoms with van der Waals surface area (Å²) < 4.78 is 13.6. The molecular weight excluding hydrogens is 345 g/mol. The van der Waals surface area contributed by atoms with Gasteiger partial charge in [-0.25, -0.2) is 4.39 Å². The predicted molar refractivity (Wildman–Crippen MR) is 104 cm³/mol. The number of halogens is 1. The molecule has 1 amide bonds. The third kappa shape index (κ3) is 3.21. The minimum Gasteiger partial charge on any atom is -0.358 e. The lowest BCUT2D eigenvalue weighted by Gasteiger charge is -2.06. The van der Waals surface area contributed by atoms with E-state index in [1.807, 2.05) is 30.3 Å². The van der Waals surface area contributed by atoms with Crippen LogP contribution in [0, 0.1) is 12.7 Å². The van der Waals surface area contributed by atoms with Gasteiger partial charge in [-0.1, -0.05) is 18.2 Å². The minimum absolute atomic E-state index is 0.159. The maximum Gasteiger partial charge on any atom is 0.253 e. The summed E-state index contributed by atoms with van der Waals surface area (Å²) >= 11 is 0. The van der Waals surface area contributed by atoms with E-state index in [4.69, 9.17) is 0 Å². The van der Waals surface area contributed by atoms with E-state index in [-0.39, 0.29) is 11.5 Å². The first-order valence-electron chi connectivity index (χ1n) is 8.70. The van der Waals surface area contributed by atoms with E-state index >= 15 is 0 Å². The zero-order chi connectivity index (χ0) is 19.0. The zero-order valence-corrected chi connectivity index (χ0v) is 14.7. The Morgan fingerprint density at radius 2 is 1.89 bits per heavy atom. The number of aromatic amines is 2. The molecule has 27 heavy (non-hydrogen) atoms. The average Bonchev–Trinajstić information content (AvgIpc) is 2.97. The standard InChI is InChI=1S/C21H18FN3O2/c1-12-19(16-11-15(22)6-7-18(16)24-12)21(27)23-9-8-14-10-13-4-2-3-5-17(13)25-20(14)26/h2-7,10-11,24H,8-9H2,1H3,(H,23,27)(H,25,26). The highest BCUT2D eigenvalue weighted by molar-refractivity contribution is 6.08. The maximum atomic E-state index is 13.6. The number of pyridine rings is 1. The number of amides is 1. The highest BCUT2D eigenvalue weighted by Crippen LogP contribution is 2.23. The summed E-state index contributed by atoms with van der Waals surface area (Å²) in [6.07, 6.45) is 0.404. The Hall–Kier alpha value is -3.41. The number of hydrogen-bond donors (Lipinski definition) is 3. The fourth-order valence-corrected chi connectivity index (χ4v) is 3.37. The van der Waals surface area contributed by atoms with Crippen molar-refractivity contribution in [1.29, 1.82) is 0 Å². The summed E-state index contributed by atoms with van der Waals surface area (Å²) in [5.41, 5.74) is 3.05. The molecule has 0 unspecified atom stereocenters. The maximum absolute atomic E-state index is 13.6. The Balaban J connectivity index is 1.52. The lowest BCUT2D eigenvalue weighted by molar-refractivity contribution is 0.0955. The third-order valence-electron chi connectivity index (χ3n) is 4.69. The molecule has 0 atom stereocenters. The first-order valence-corrected chi connectivity index (χ1v) is 8.70. The molecule has 4 rings (SSSR count). The molecule has 0 fully saturated rings. The van der Waals surface area contributed by atoms with E-state index in [1.54, 1.807) is 13.0 Å². The second-order valence-electron chi connectivity index (χ2n) is 6.53. The van der Waals surface area contributed by atoms with Gasteiger partial charge >= 0.3 is 0 Å². The Bertz CT molecular complexity index is 1220. The SMILES string of the molecule is Cc1[nH]c2ccc(F)cc2c1C(=O)NCCc1cc2ccccc2[nH]c1=O. The normalized spacial score (nSPS) is 11.2. The van der Waals surface area contributed by atoms with Crippen molar-refractivity contribution in [1.82, 2.24) is 15.3 Å². The van der Waals surface area contributed by atoms with Gasteiger partial charge in [0.2, 0.25) is 0 Å². The van der Waals surface area contributed by atoms with Crippen LogP contribution in [0.15, 0.2) is 53.3 Å². The van der Waals surface area contributed by atoms with Crippen LogP contribution in [0.25, 0.3) is 21.8 Å². The lowest BCUT2D eigenvalue weighted by Crippen LogP contribution is -2.27. The number of fused-ring (bicyclic) bond motifs is 2. The van der Waals surface area contributed by atoms with Gasteiger partial charge in [-0.15, -0.1) is 0 Å².